The number of hydrogen-bond donors (Lipinski definition) is 2. The maximum Gasteiger partial charge on any atom is 0.255 e. The number of hydrogen-bond acceptors (Lipinski definition) is 2. The van der Waals surface area contributed by atoms with Crippen LogP contribution in [0.2, 0.25) is 10.0 Å². The van der Waals surface area contributed by atoms with Crippen LogP contribution in [-0.2, 0) is 0 Å². The van der Waals surface area contributed by atoms with Gasteiger partial charge in [0.2, 0.25) is 0 Å². The highest BCUT2D eigenvalue weighted by atomic mass is 35.5. The molecule has 0 aliphatic rings. The van der Waals surface area contributed by atoms with Gasteiger partial charge in [-0.1, -0.05) is 35.3 Å². The minimum Gasteiger partial charge on any atom is -0.397 e. The SMILES string of the molecule is Cc1cccc(F)c1NC(=O)c1cc(N)c(Cl)c(Cl)c1. The van der Waals surface area contributed by atoms with Gasteiger partial charge >= 0.3 is 0 Å². The molecule has 0 bridgehead atoms. The summed E-state index contributed by atoms with van der Waals surface area (Å²) in [6, 6.07) is 7.30. The van der Waals surface area contributed by atoms with Gasteiger partial charge in [-0.25, -0.2) is 4.39 Å². The molecule has 2 rings (SSSR count). The number of para-hydroxylation sites is 1. The first-order chi connectivity index (χ1) is 9.40. The largest absolute Gasteiger partial charge is 0.397 e. The highest BCUT2D eigenvalue weighted by Crippen LogP contribution is 2.30. The summed E-state index contributed by atoms with van der Waals surface area (Å²) in [5.41, 5.74) is 6.78. The zero-order valence-electron chi connectivity index (χ0n) is 10.5. The van der Waals surface area contributed by atoms with Crippen molar-refractivity contribution in [3.8, 4) is 0 Å². The molecule has 0 aliphatic heterocycles. The maximum absolute atomic E-state index is 13.7. The first-order valence-electron chi connectivity index (χ1n) is 5.71. The van der Waals surface area contributed by atoms with Gasteiger partial charge in [0.1, 0.15) is 5.82 Å². The fourth-order valence-electron chi connectivity index (χ4n) is 1.72. The quantitative estimate of drug-likeness (QED) is 0.813. The smallest absolute Gasteiger partial charge is 0.255 e. The maximum atomic E-state index is 13.7. The molecule has 0 aliphatic carbocycles. The zero-order valence-corrected chi connectivity index (χ0v) is 12.0. The van der Waals surface area contributed by atoms with E-state index in [1.54, 1.807) is 19.1 Å². The average Bonchev–Trinajstić information content (AvgIpc) is 2.39. The number of nitrogens with two attached hydrogens (primary N) is 1. The molecule has 0 unspecified atom stereocenters. The Hall–Kier alpha value is -1.78. The van der Waals surface area contributed by atoms with Crippen LogP contribution in [0.3, 0.4) is 0 Å². The molecule has 0 heterocycles. The Morgan fingerprint density at radius 3 is 2.60 bits per heavy atom. The number of amides is 1. The van der Waals surface area contributed by atoms with Crippen LogP contribution >= 0.6 is 23.2 Å². The summed E-state index contributed by atoms with van der Waals surface area (Å²) in [5.74, 6) is -1.02. The molecule has 0 fully saturated rings. The highest BCUT2D eigenvalue weighted by molar-refractivity contribution is 6.44. The minimum atomic E-state index is -0.511. The van der Waals surface area contributed by atoms with Crippen molar-refractivity contribution in [2.75, 3.05) is 11.1 Å². The Balaban J connectivity index is 2.34. The lowest BCUT2D eigenvalue weighted by molar-refractivity contribution is 0.102. The van der Waals surface area contributed by atoms with Crippen molar-refractivity contribution in [1.82, 2.24) is 0 Å². The van der Waals surface area contributed by atoms with E-state index in [1.807, 2.05) is 0 Å². The van der Waals surface area contributed by atoms with Gasteiger partial charge < -0.3 is 11.1 Å². The number of nitrogens with one attached hydrogen (secondary N) is 1. The van der Waals surface area contributed by atoms with Crippen molar-refractivity contribution in [2.45, 2.75) is 6.92 Å². The predicted molar refractivity (Wildman–Crippen MR) is 80.0 cm³/mol. The third-order valence-corrected chi connectivity index (χ3v) is 3.60. The van der Waals surface area contributed by atoms with E-state index < -0.39 is 11.7 Å². The third-order valence-electron chi connectivity index (χ3n) is 2.78. The van der Waals surface area contributed by atoms with Gasteiger partial charge in [0.25, 0.3) is 5.91 Å². The molecule has 1 amide bonds. The lowest BCUT2D eigenvalue weighted by Gasteiger charge is -2.10. The molecule has 104 valence electrons. The van der Waals surface area contributed by atoms with Crippen molar-refractivity contribution < 1.29 is 9.18 Å². The van der Waals surface area contributed by atoms with Crippen molar-refractivity contribution in [3.05, 3.63) is 57.3 Å². The first-order valence-corrected chi connectivity index (χ1v) is 6.46. The molecule has 2 aromatic rings. The van der Waals surface area contributed by atoms with Crippen LogP contribution in [0.5, 0.6) is 0 Å². The van der Waals surface area contributed by atoms with Gasteiger partial charge in [-0.05, 0) is 30.7 Å². The Kier molecular flexibility index (Phi) is 4.16. The standard InChI is InChI=1S/C14H11Cl2FN2O/c1-7-3-2-4-10(17)13(7)19-14(20)8-5-9(15)12(16)11(18)6-8/h2-6H,18H2,1H3,(H,19,20). The van der Waals surface area contributed by atoms with Crippen LogP contribution in [0.25, 0.3) is 0 Å². The molecule has 0 atom stereocenters. The lowest BCUT2D eigenvalue weighted by atomic mass is 10.1. The molecule has 0 aromatic heterocycles. The fraction of sp³-hybridized carbons (Fsp3) is 0.0714. The molecule has 6 heteroatoms. The number of halogens is 3. The average molecular weight is 313 g/mol. The summed E-state index contributed by atoms with van der Waals surface area (Å²) in [5, 5.41) is 2.85. The van der Waals surface area contributed by atoms with Gasteiger partial charge in [0.15, 0.2) is 0 Å². The second kappa shape index (κ2) is 5.69. The van der Waals surface area contributed by atoms with Crippen molar-refractivity contribution in [1.29, 1.82) is 0 Å². The van der Waals surface area contributed by atoms with Gasteiger partial charge in [0.05, 0.1) is 21.4 Å². The Morgan fingerprint density at radius 2 is 2.00 bits per heavy atom. The molecule has 0 saturated carbocycles. The molecule has 3 nitrogen and oxygen atoms in total. The van der Waals surface area contributed by atoms with Gasteiger partial charge in [0, 0.05) is 5.56 Å². The number of nitrogen functional groups attached to an aromatic ring is 1. The van der Waals surface area contributed by atoms with Crippen molar-refractivity contribution >= 4 is 40.5 Å². The van der Waals surface area contributed by atoms with Gasteiger partial charge in [-0.2, -0.15) is 0 Å². The number of anilines is 2. The number of rotatable bonds is 2. The minimum absolute atomic E-state index is 0.127. The number of carbonyl (C=O) groups excluding carboxylic acids is 1. The van der Waals surface area contributed by atoms with E-state index in [1.165, 1.54) is 18.2 Å². The second-order valence-corrected chi connectivity index (χ2v) is 5.03. The monoisotopic (exact) mass is 312 g/mol. The Labute approximate surface area is 125 Å². The molecular weight excluding hydrogens is 302 g/mol. The fourth-order valence-corrected chi connectivity index (χ4v) is 2.05. The molecule has 0 saturated heterocycles. The lowest BCUT2D eigenvalue weighted by Crippen LogP contribution is -2.14. The Morgan fingerprint density at radius 1 is 1.30 bits per heavy atom. The first kappa shape index (κ1) is 14.6. The predicted octanol–water partition coefficient (Wildman–Crippen LogP) is 4.28. The highest BCUT2D eigenvalue weighted by Gasteiger charge is 2.14. The Bertz CT molecular complexity index is 646. The van der Waals surface area contributed by atoms with E-state index in [0.717, 1.165) is 0 Å². The normalized spacial score (nSPS) is 10.4. The van der Waals surface area contributed by atoms with E-state index >= 15 is 0 Å². The van der Waals surface area contributed by atoms with Crippen LogP contribution in [0.1, 0.15) is 15.9 Å². The van der Waals surface area contributed by atoms with Crippen LogP contribution in [0.15, 0.2) is 30.3 Å². The van der Waals surface area contributed by atoms with E-state index in [0.29, 0.717) is 5.56 Å². The van der Waals surface area contributed by atoms with Crippen LogP contribution in [-0.4, -0.2) is 5.91 Å². The van der Waals surface area contributed by atoms with Crippen LogP contribution in [0, 0.1) is 12.7 Å². The van der Waals surface area contributed by atoms with E-state index in [2.05, 4.69) is 5.32 Å². The summed E-state index contributed by atoms with van der Waals surface area (Å²) >= 11 is 11.7. The topological polar surface area (TPSA) is 55.1 Å². The summed E-state index contributed by atoms with van der Waals surface area (Å²) in [6.07, 6.45) is 0. The van der Waals surface area contributed by atoms with E-state index in [-0.39, 0.29) is 27.0 Å². The molecule has 0 radical (unpaired) electrons. The van der Waals surface area contributed by atoms with E-state index in [4.69, 9.17) is 28.9 Å². The molecular formula is C14H11Cl2FN2O. The van der Waals surface area contributed by atoms with Gasteiger partial charge in [-0.15, -0.1) is 0 Å². The number of aryl methyl sites for hydroxylation is 1. The third kappa shape index (κ3) is 2.86. The summed E-state index contributed by atoms with van der Waals surface area (Å²) in [7, 11) is 0. The summed E-state index contributed by atoms with van der Waals surface area (Å²) in [6.45, 7) is 1.70. The second-order valence-electron chi connectivity index (χ2n) is 4.25. The molecule has 2 aromatic carbocycles. The van der Waals surface area contributed by atoms with Gasteiger partial charge in [-0.3, -0.25) is 4.79 Å². The van der Waals surface area contributed by atoms with Crippen LogP contribution in [0.4, 0.5) is 15.8 Å². The molecule has 3 N–H and O–H groups in total. The van der Waals surface area contributed by atoms with Crippen molar-refractivity contribution in [2.24, 2.45) is 0 Å². The van der Waals surface area contributed by atoms with E-state index in [9.17, 15) is 9.18 Å². The molecule has 20 heavy (non-hydrogen) atoms. The number of carbonyl (C=O) groups is 1. The summed E-state index contributed by atoms with van der Waals surface area (Å²) < 4.78 is 13.7. The number of benzene rings is 2. The van der Waals surface area contributed by atoms with Crippen molar-refractivity contribution in [3.63, 3.8) is 0 Å². The summed E-state index contributed by atoms with van der Waals surface area (Å²) in [4.78, 5) is 12.1. The van der Waals surface area contributed by atoms with Crippen LogP contribution < -0.4 is 11.1 Å². The zero-order chi connectivity index (χ0) is 14.9. The molecule has 0 spiro atoms.